The van der Waals surface area contributed by atoms with E-state index in [4.69, 9.17) is 10.5 Å². The van der Waals surface area contributed by atoms with Gasteiger partial charge in [0.15, 0.2) is 5.82 Å². The maximum Gasteiger partial charge on any atom is 0.151 e. The minimum absolute atomic E-state index is 0.368. The zero-order valence-corrected chi connectivity index (χ0v) is 9.13. The third-order valence-electron chi connectivity index (χ3n) is 2.23. The van der Waals surface area contributed by atoms with Crippen molar-refractivity contribution >= 4 is 0 Å². The van der Waals surface area contributed by atoms with Gasteiger partial charge >= 0.3 is 0 Å². The largest absolute Gasteiger partial charge is 0.494 e. The number of aromatic nitrogens is 3. The summed E-state index contributed by atoms with van der Waals surface area (Å²) in [5.41, 5.74) is 6.54. The molecular weight excluding hydrogens is 204 g/mol. The topological polar surface area (TPSA) is 66.0 Å². The monoisotopic (exact) mass is 218 g/mol. The van der Waals surface area contributed by atoms with Crippen LogP contribution in [0.3, 0.4) is 0 Å². The molecule has 0 amide bonds. The number of benzene rings is 1. The summed E-state index contributed by atoms with van der Waals surface area (Å²) in [7, 11) is 0. The van der Waals surface area contributed by atoms with Crippen LogP contribution in [0.5, 0.6) is 5.75 Å². The molecule has 2 N–H and O–H groups in total. The fourth-order valence-corrected chi connectivity index (χ4v) is 1.48. The normalized spacial score (nSPS) is 10.4. The molecule has 0 bridgehead atoms. The highest BCUT2D eigenvalue weighted by Crippen LogP contribution is 2.15. The van der Waals surface area contributed by atoms with Crippen molar-refractivity contribution in [2.75, 3.05) is 6.61 Å². The van der Waals surface area contributed by atoms with E-state index in [1.54, 1.807) is 6.33 Å². The van der Waals surface area contributed by atoms with Gasteiger partial charge in [-0.2, -0.15) is 0 Å². The molecular formula is C11H14N4O. The van der Waals surface area contributed by atoms with Crippen molar-refractivity contribution in [1.82, 2.24) is 14.8 Å². The van der Waals surface area contributed by atoms with Gasteiger partial charge in [0, 0.05) is 5.69 Å². The number of rotatable bonds is 4. The lowest BCUT2D eigenvalue weighted by atomic mass is 10.3. The standard InChI is InChI=1S/C11H14N4O/c1-2-16-10-5-3-9(4-6-10)15-8-13-14-11(15)7-12/h3-6,8H,2,7,12H2,1H3. The molecule has 1 heterocycles. The molecule has 84 valence electrons. The van der Waals surface area contributed by atoms with Crippen molar-refractivity contribution in [3.05, 3.63) is 36.4 Å². The third kappa shape index (κ3) is 2.04. The van der Waals surface area contributed by atoms with Crippen LogP contribution in [0.4, 0.5) is 0 Å². The van der Waals surface area contributed by atoms with Crippen LogP contribution < -0.4 is 10.5 Å². The second kappa shape index (κ2) is 4.76. The minimum Gasteiger partial charge on any atom is -0.494 e. The van der Waals surface area contributed by atoms with E-state index in [1.807, 2.05) is 35.8 Å². The number of nitrogens with two attached hydrogens (primary N) is 1. The smallest absolute Gasteiger partial charge is 0.151 e. The van der Waals surface area contributed by atoms with Gasteiger partial charge in [-0.3, -0.25) is 4.57 Å². The Morgan fingerprint density at radius 2 is 2.06 bits per heavy atom. The van der Waals surface area contributed by atoms with Gasteiger partial charge in [0.05, 0.1) is 13.2 Å². The molecule has 0 atom stereocenters. The molecule has 5 nitrogen and oxygen atoms in total. The first-order valence-corrected chi connectivity index (χ1v) is 5.17. The van der Waals surface area contributed by atoms with Crippen molar-refractivity contribution in [2.45, 2.75) is 13.5 Å². The summed E-state index contributed by atoms with van der Waals surface area (Å²) in [4.78, 5) is 0. The van der Waals surface area contributed by atoms with Crippen molar-refractivity contribution in [2.24, 2.45) is 5.73 Å². The van der Waals surface area contributed by atoms with Gasteiger partial charge in [-0.25, -0.2) is 0 Å². The van der Waals surface area contributed by atoms with Gasteiger partial charge in [0.1, 0.15) is 12.1 Å². The van der Waals surface area contributed by atoms with E-state index in [1.165, 1.54) is 0 Å². The van der Waals surface area contributed by atoms with Gasteiger partial charge in [-0.1, -0.05) is 0 Å². The molecule has 0 aliphatic rings. The van der Waals surface area contributed by atoms with Crippen LogP contribution in [-0.4, -0.2) is 21.4 Å². The molecule has 0 aliphatic carbocycles. The molecule has 0 unspecified atom stereocenters. The Hall–Kier alpha value is -1.88. The lowest BCUT2D eigenvalue weighted by Crippen LogP contribution is -2.06. The molecule has 2 aromatic rings. The van der Waals surface area contributed by atoms with Gasteiger partial charge in [0.25, 0.3) is 0 Å². The Morgan fingerprint density at radius 3 is 2.69 bits per heavy atom. The first kappa shape index (κ1) is 10.6. The van der Waals surface area contributed by atoms with Crippen molar-refractivity contribution in [3.63, 3.8) is 0 Å². The van der Waals surface area contributed by atoms with E-state index in [9.17, 15) is 0 Å². The van der Waals surface area contributed by atoms with Crippen LogP contribution in [0.1, 0.15) is 12.7 Å². The summed E-state index contributed by atoms with van der Waals surface area (Å²) in [6, 6.07) is 7.74. The molecule has 2 rings (SSSR count). The fraction of sp³-hybridized carbons (Fsp3) is 0.273. The van der Waals surface area contributed by atoms with Crippen molar-refractivity contribution in [3.8, 4) is 11.4 Å². The predicted molar refractivity (Wildman–Crippen MR) is 60.4 cm³/mol. The molecule has 0 saturated carbocycles. The number of hydrogen-bond donors (Lipinski definition) is 1. The Balaban J connectivity index is 2.27. The van der Waals surface area contributed by atoms with Gasteiger partial charge in [-0.05, 0) is 31.2 Å². The van der Waals surface area contributed by atoms with E-state index < -0.39 is 0 Å². The summed E-state index contributed by atoms with van der Waals surface area (Å²) >= 11 is 0. The zero-order valence-electron chi connectivity index (χ0n) is 9.13. The quantitative estimate of drug-likeness (QED) is 0.835. The number of nitrogens with zero attached hydrogens (tertiary/aromatic N) is 3. The van der Waals surface area contributed by atoms with Gasteiger partial charge < -0.3 is 10.5 Å². The molecule has 1 aromatic carbocycles. The first-order chi connectivity index (χ1) is 7.85. The molecule has 16 heavy (non-hydrogen) atoms. The minimum atomic E-state index is 0.368. The Morgan fingerprint density at radius 1 is 1.31 bits per heavy atom. The summed E-state index contributed by atoms with van der Waals surface area (Å²) < 4.78 is 7.23. The summed E-state index contributed by atoms with van der Waals surface area (Å²) in [6.07, 6.45) is 1.65. The van der Waals surface area contributed by atoms with E-state index in [-0.39, 0.29) is 0 Å². The maximum atomic E-state index is 5.56. The van der Waals surface area contributed by atoms with Crippen LogP contribution in [0.2, 0.25) is 0 Å². The Bertz CT molecular complexity index is 449. The lowest BCUT2D eigenvalue weighted by molar-refractivity contribution is 0.340. The van der Waals surface area contributed by atoms with Crippen LogP contribution in [0.15, 0.2) is 30.6 Å². The molecule has 0 radical (unpaired) electrons. The molecule has 1 aromatic heterocycles. The average molecular weight is 218 g/mol. The SMILES string of the molecule is CCOc1ccc(-n2cnnc2CN)cc1. The maximum absolute atomic E-state index is 5.56. The molecule has 0 saturated heterocycles. The molecule has 0 spiro atoms. The second-order valence-electron chi connectivity index (χ2n) is 3.25. The number of hydrogen-bond acceptors (Lipinski definition) is 4. The van der Waals surface area contributed by atoms with E-state index >= 15 is 0 Å². The fourth-order valence-electron chi connectivity index (χ4n) is 1.48. The Kier molecular flexibility index (Phi) is 3.16. The Labute approximate surface area is 93.9 Å². The summed E-state index contributed by atoms with van der Waals surface area (Å²) in [5, 5.41) is 7.76. The van der Waals surface area contributed by atoms with Crippen LogP contribution >= 0.6 is 0 Å². The number of ether oxygens (including phenoxy) is 1. The molecule has 0 aliphatic heterocycles. The average Bonchev–Trinajstić information content (AvgIpc) is 2.78. The van der Waals surface area contributed by atoms with Gasteiger partial charge in [-0.15, -0.1) is 10.2 Å². The van der Waals surface area contributed by atoms with Crippen molar-refractivity contribution < 1.29 is 4.74 Å². The van der Waals surface area contributed by atoms with E-state index in [0.717, 1.165) is 17.3 Å². The van der Waals surface area contributed by atoms with Gasteiger partial charge in [0.2, 0.25) is 0 Å². The van der Waals surface area contributed by atoms with Crippen LogP contribution in [0, 0.1) is 0 Å². The highest BCUT2D eigenvalue weighted by molar-refractivity contribution is 5.37. The third-order valence-corrected chi connectivity index (χ3v) is 2.23. The summed E-state index contributed by atoms with van der Waals surface area (Å²) in [5.74, 6) is 1.60. The lowest BCUT2D eigenvalue weighted by Gasteiger charge is -2.06. The van der Waals surface area contributed by atoms with Crippen molar-refractivity contribution in [1.29, 1.82) is 0 Å². The molecule has 0 fully saturated rings. The predicted octanol–water partition coefficient (Wildman–Crippen LogP) is 1.12. The zero-order chi connectivity index (χ0) is 11.4. The highest BCUT2D eigenvalue weighted by atomic mass is 16.5. The second-order valence-corrected chi connectivity index (χ2v) is 3.25. The highest BCUT2D eigenvalue weighted by Gasteiger charge is 2.04. The van der Waals surface area contributed by atoms with E-state index in [2.05, 4.69) is 10.2 Å². The first-order valence-electron chi connectivity index (χ1n) is 5.17. The summed E-state index contributed by atoms with van der Waals surface area (Å²) in [6.45, 7) is 2.99. The van der Waals surface area contributed by atoms with E-state index in [0.29, 0.717) is 13.2 Å². The molecule has 5 heteroatoms. The van der Waals surface area contributed by atoms with Crippen LogP contribution in [0.25, 0.3) is 5.69 Å². The van der Waals surface area contributed by atoms with Crippen LogP contribution in [-0.2, 0) is 6.54 Å².